The molecule has 12 heavy (non-hydrogen) atoms. The Morgan fingerprint density at radius 1 is 1.75 bits per heavy atom. The second-order valence-corrected chi connectivity index (χ2v) is 3.35. The smallest absolute Gasteiger partial charge is 0.237 e. The molecule has 0 aromatic carbocycles. The molecule has 0 aliphatic heterocycles. The summed E-state index contributed by atoms with van der Waals surface area (Å²) in [5.74, 6) is -0.228. The van der Waals surface area contributed by atoms with Crippen molar-refractivity contribution in [2.24, 2.45) is 5.73 Å². The van der Waals surface area contributed by atoms with Gasteiger partial charge in [0.05, 0.1) is 18.2 Å². The van der Waals surface area contributed by atoms with E-state index in [-0.39, 0.29) is 12.5 Å². The summed E-state index contributed by atoms with van der Waals surface area (Å²) in [6.45, 7) is 5.23. The highest BCUT2D eigenvalue weighted by molar-refractivity contribution is 5.81. The number of carbonyl (C=O) groups is 1. The van der Waals surface area contributed by atoms with Crippen LogP contribution in [-0.4, -0.2) is 29.2 Å². The molecule has 72 valence electrons. The monoisotopic (exact) mass is 174 g/mol. The van der Waals surface area contributed by atoms with Crippen LogP contribution in [0, 0.1) is 0 Å². The standard InChI is InChI=1S/C8H18N2O2/c1-4-8(3,5-11)10-7(12)6(2)9/h6,11H,4-5,9H2,1-3H3,(H,10,12). The normalized spacial score (nSPS) is 18.1. The van der Waals surface area contributed by atoms with Gasteiger partial charge in [-0.1, -0.05) is 6.92 Å². The maximum Gasteiger partial charge on any atom is 0.237 e. The van der Waals surface area contributed by atoms with Gasteiger partial charge in [0.1, 0.15) is 0 Å². The molecule has 0 saturated carbocycles. The van der Waals surface area contributed by atoms with Crippen LogP contribution in [0.4, 0.5) is 0 Å². The molecule has 0 aliphatic carbocycles. The molecule has 1 amide bonds. The van der Waals surface area contributed by atoms with Gasteiger partial charge in [0.2, 0.25) is 5.91 Å². The van der Waals surface area contributed by atoms with Crippen LogP contribution in [-0.2, 0) is 4.79 Å². The Morgan fingerprint density at radius 2 is 2.25 bits per heavy atom. The molecule has 0 aromatic heterocycles. The lowest BCUT2D eigenvalue weighted by molar-refractivity contribution is -0.124. The molecule has 0 aliphatic rings. The first-order valence-corrected chi connectivity index (χ1v) is 4.13. The first kappa shape index (κ1) is 11.4. The van der Waals surface area contributed by atoms with E-state index in [4.69, 9.17) is 10.8 Å². The molecule has 0 rings (SSSR count). The van der Waals surface area contributed by atoms with Gasteiger partial charge in [-0.3, -0.25) is 4.79 Å². The van der Waals surface area contributed by atoms with Gasteiger partial charge in [0.25, 0.3) is 0 Å². The molecular weight excluding hydrogens is 156 g/mol. The van der Waals surface area contributed by atoms with E-state index in [1.54, 1.807) is 13.8 Å². The van der Waals surface area contributed by atoms with Crippen molar-refractivity contribution in [3.63, 3.8) is 0 Å². The van der Waals surface area contributed by atoms with Crippen molar-refractivity contribution in [3.8, 4) is 0 Å². The van der Waals surface area contributed by atoms with Crippen LogP contribution in [0.1, 0.15) is 27.2 Å². The molecule has 0 heterocycles. The van der Waals surface area contributed by atoms with Gasteiger partial charge in [-0.15, -0.1) is 0 Å². The van der Waals surface area contributed by atoms with Crippen LogP contribution in [0.25, 0.3) is 0 Å². The highest BCUT2D eigenvalue weighted by Crippen LogP contribution is 2.07. The molecule has 0 bridgehead atoms. The van der Waals surface area contributed by atoms with Gasteiger partial charge in [-0.25, -0.2) is 0 Å². The molecule has 4 N–H and O–H groups in total. The summed E-state index contributed by atoms with van der Waals surface area (Å²) in [5, 5.41) is 11.6. The number of hydrogen-bond acceptors (Lipinski definition) is 3. The fourth-order valence-corrected chi connectivity index (χ4v) is 0.651. The Morgan fingerprint density at radius 3 is 2.50 bits per heavy atom. The van der Waals surface area contributed by atoms with Crippen molar-refractivity contribution in [2.45, 2.75) is 38.8 Å². The van der Waals surface area contributed by atoms with E-state index in [9.17, 15) is 4.79 Å². The Hall–Kier alpha value is -0.610. The second kappa shape index (κ2) is 4.42. The SMILES string of the molecule is CCC(C)(CO)NC(=O)C(C)N. The fraction of sp³-hybridized carbons (Fsp3) is 0.875. The van der Waals surface area contributed by atoms with Gasteiger partial charge in [-0.2, -0.15) is 0 Å². The Labute approximate surface area is 73.1 Å². The Kier molecular flexibility index (Phi) is 4.20. The fourth-order valence-electron chi connectivity index (χ4n) is 0.651. The molecule has 0 spiro atoms. The molecule has 0 saturated heterocycles. The summed E-state index contributed by atoms with van der Waals surface area (Å²) in [6.07, 6.45) is 0.683. The number of carbonyl (C=O) groups excluding carboxylic acids is 1. The van der Waals surface area contributed by atoms with Crippen molar-refractivity contribution in [1.29, 1.82) is 0 Å². The Balaban J connectivity index is 4.12. The highest BCUT2D eigenvalue weighted by atomic mass is 16.3. The summed E-state index contributed by atoms with van der Waals surface area (Å²) < 4.78 is 0. The van der Waals surface area contributed by atoms with Crippen molar-refractivity contribution in [1.82, 2.24) is 5.32 Å². The summed E-state index contributed by atoms with van der Waals surface area (Å²) in [4.78, 5) is 11.1. The van der Waals surface area contributed by atoms with Gasteiger partial charge < -0.3 is 16.2 Å². The van der Waals surface area contributed by atoms with E-state index in [1.165, 1.54) is 0 Å². The summed E-state index contributed by atoms with van der Waals surface area (Å²) in [7, 11) is 0. The largest absolute Gasteiger partial charge is 0.394 e. The van der Waals surface area contributed by atoms with E-state index in [1.807, 2.05) is 6.92 Å². The summed E-state index contributed by atoms with van der Waals surface area (Å²) >= 11 is 0. The number of nitrogens with one attached hydrogen (secondary N) is 1. The number of nitrogens with two attached hydrogens (primary N) is 1. The molecule has 2 atom stereocenters. The van der Waals surface area contributed by atoms with Gasteiger partial charge in [0, 0.05) is 0 Å². The number of aliphatic hydroxyl groups excluding tert-OH is 1. The molecular formula is C8H18N2O2. The van der Waals surface area contributed by atoms with Crippen molar-refractivity contribution in [3.05, 3.63) is 0 Å². The molecule has 2 unspecified atom stereocenters. The topological polar surface area (TPSA) is 75.3 Å². The van der Waals surface area contributed by atoms with Crippen molar-refractivity contribution >= 4 is 5.91 Å². The van der Waals surface area contributed by atoms with Gasteiger partial charge >= 0.3 is 0 Å². The Bertz CT molecular complexity index is 153. The first-order chi connectivity index (χ1) is 5.45. The van der Waals surface area contributed by atoms with E-state index < -0.39 is 11.6 Å². The molecule has 4 nitrogen and oxygen atoms in total. The highest BCUT2D eigenvalue weighted by Gasteiger charge is 2.24. The number of aliphatic hydroxyl groups is 1. The average molecular weight is 174 g/mol. The number of amides is 1. The minimum atomic E-state index is -0.537. The summed E-state index contributed by atoms with van der Waals surface area (Å²) in [6, 6.07) is -0.526. The van der Waals surface area contributed by atoms with Gasteiger partial charge in [-0.05, 0) is 20.3 Å². The van der Waals surface area contributed by atoms with Crippen LogP contribution in [0.2, 0.25) is 0 Å². The van der Waals surface area contributed by atoms with Gasteiger partial charge in [0.15, 0.2) is 0 Å². The zero-order valence-corrected chi connectivity index (χ0v) is 7.92. The lowest BCUT2D eigenvalue weighted by Crippen LogP contribution is -2.53. The molecule has 0 fully saturated rings. The zero-order chi connectivity index (χ0) is 9.78. The van der Waals surface area contributed by atoms with Crippen LogP contribution in [0.5, 0.6) is 0 Å². The van der Waals surface area contributed by atoms with E-state index in [2.05, 4.69) is 5.32 Å². The minimum Gasteiger partial charge on any atom is -0.394 e. The second-order valence-electron chi connectivity index (χ2n) is 3.35. The molecule has 4 heteroatoms. The van der Waals surface area contributed by atoms with Crippen LogP contribution in [0.3, 0.4) is 0 Å². The predicted molar refractivity (Wildman–Crippen MR) is 47.6 cm³/mol. The summed E-state index contributed by atoms with van der Waals surface area (Å²) in [5.41, 5.74) is 4.82. The third-order valence-corrected chi connectivity index (χ3v) is 1.97. The van der Waals surface area contributed by atoms with Crippen LogP contribution < -0.4 is 11.1 Å². The van der Waals surface area contributed by atoms with Crippen LogP contribution >= 0.6 is 0 Å². The lowest BCUT2D eigenvalue weighted by atomic mass is 10.00. The molecule has 0 radical (unpaired) electrons. The predicted octanol–water partition coefficient (Wildman–Crippen LogP) is -0.389. The van der Waals surface area contributed by atoms with Crippen LogP contribution in [0.15, 0.2) is 0 Å². The third kappa shape index (κ3) is 3.19. The average Bonchev–Trinajstić information content (AvgIpc) is 2.04. The quantitative estimate of drug-likeness (QED) is 0.543. The zero-order valence-electron chi connectivity index (χ0n) is 7.92. The minimum absolute atomic E-state index is 0.0675. The maximum atomic E-state index is 11.1. The molecule has 0 aromatic rings. The third-order valence-electron chi connectivity index (χ3n) is 1.97. The van der Waals surface area contributed by atoms with Crippen molar-refractivity contribution in [2.75, 3.05) is 6.61 Å². The van der Waals surface area contributed by atoms with E-state index in [0.29, 0.717) is 6.42 Å². The maximum absolute atomic E-state index is 11.1. The van der Waals surface area contributed by atoms with E-state index >= 15 is 0 Å². The lowest BCUT2D eigenvalue weighted by Gasteiger charge is -2.27. The first-order valence-electron chi connectivity index (χ1n) is 4.13. The number of rotatable bonds is 4. The van der Waals surface area contributed by atoms with E-state index in [0.717, 1.165) is 0 Å². The van der Waals surface area contributed by atoms with Crippen molar-refractivity contribution < 1.29 is 9.90 Å². The number of hydrogen-bond donors (Lipinski definition) is 3.